The fourth-order valence-corrected chi connectivity index (χ4v) is 5.33. The van der Waals surface area contributed by atoms with E-state index in [1.54, 1.807) is 16.8 Å². The molecule has 0 bridgehead atoms. The molecule has 6 nitrogen and oxygen atoms in total. The number of hydrogen-bond donors (Lipinski definition) is 1. The van der Waals surface area contributed by atoms with Crippen LogP contribution in [0, 0.1) is 12.7 Å². The Morgan fingerprint density at radius 2 is 1.74 bits per heavy atom. The molecule has 0 spiro atoms. The molecule has 0 unspecified atom stereocenters. The van der Waals surface area contributed by atoms with E-state index in [9.17, 15) is 14.0 Å². The number of aryl methyl sites for hydroxylation is 1. The number of nitrogens with zero attached hydrogens (tertiary/aromatic N) is 3. The van der Waals surface area contributed by atoms with E-state index in [0.717, 1.165) is 53.1 Å². The van der Waals surface area contributed by atoms with Gasteiger partial charge in [0.25, 0.3) is 11.8 Å². The zero-order valence-corrected chi connectivity index (χ0v) is 19.7. The van der Waals surface area contributed by atoms with Crippen LogP contribution in [-0.2, 0) is 6.54 Å². The number of aromatic nitrogens is 2. The van der Waals surface area contributed by atoms with Gasteiger partial charge in [0.2, 0.25) is 0 Å². The fraction of sp³-hybridized carbons (Fsp3) is 0.269. The Bertz CT molecular complexity index is 1340. The van der Waals surface area contributed by atoms with Gasteiger partial charge in [-0.3, -0.25) is 9.59 Å². The van der Waals surface area contributed by atoms with Crippen molar-refractivity contribution in [3.05, 3.63) is 82.1 Å². The summed E-state index contributed by atoms with van der Waals surface area (Å²) in [6.07, 6.45) is 3.32. The highest BCUT2D eigenvalue weighted by Gasteiger charge is 2.19. The van der Waals surface area contributed by atoms with Crippen LogP contribution in [0.25, 0.3) is 15.9 Å². The van der Waals surface area contributed by atoms with Gasteiger partial charge in [0.05, 0.1) is 16.3 Å². The Morgan fingerprint density at radius 1 is 1.03 bits per heavy atom. The van der Waals surface area contributed by atoms with E-state index in [1.807, 2.05) is 42.2 Å². The summed E-state index contributed by atoms with van der Waals surface area (Å²) in [5.41, 5.74) is 3.16. The molecule has 34 heavy (non-hydrogen) atoms. The lowest BCUT2D eigenvalue weighted by atomic mass is 10.1. The number of nitrogens with one attached hydrogen (secondary N) is 1. The predicted octanol–water partition coefficient (Wildman–Crippen LogP) is 5.09. The molecule has 1 N–H and O–H groups in total. The summed E-state index contributed by atoms with van der Waals surface area (Å²) >= 11 is 1.35. The first-order valence-electron chi connectivity index (χ1n) is 11.4. The first-order chi connectivity index (χ1) is 16.5. The summed E-state index contributed by atoms with van der Waals surface area (Å²) in [5, 5.41) is 8.41. The zero-order valence-electron chi connectivity index (χ0n) is 18.9. The molecule has 5 rings (SSSR count). The van der Waals surface area contributed by atoms with Crippen LogP contribution >= 0.6 is 11.3 Å². The van der Waals surface area contributed by atoms with E-state index in [0.29, 0.717) is 17.0 Å². The second-order valence-corrected chi connectivity index (χ2v) is 9.57. The summed E-state index contributed by atoms with van der Waals surface area (Å²) in [4.78, 5) is 28.8. The average Bonchev–Trinajstić information content (AvgIpc) is 3.44. The van der Waals surface area contributed by atoms with Crippen molar-refractivity contribution in [1.82, 2.24) is 20.0 Å². The molecule has 3 heterocycles. The number of hydrogen-bond acceptors (Lipinski definition) is 4. The van der Waals surface area contributed by atoms with E-state index in [1.165, 1.54) is 29.9 Å². The molecule has 2 aromatic heterocycles. The van der Waals surface area contributed by atoms with Crippen LogP contribution < -0.4 is 5.32 Å². The van der Waals surface area contributed by atoms with Crippen LogP contribution in [0.15, 0.2) is 54.6 Å². The fourth-order valence-electron chi connectivity index (χ4n) is 4.23. The minimum Gasteiger partial charge on any atom is -0.347 e. The number of thiophene rings is 1. The smallest absolute Gasteiger partial charge is 0.261 e. The maximum atomic E-state index is 13.3. The molecular formula is C26H25FN4O2S. The van der Waals surface area contributed by atoms with E-state index in [-0.39, 0.29) is 17.6 Å². The van der Waals surface area contributed by atoms with Crippen molar-refractivity contribution in [2.45, 2.75) is 32.7 Å². The molecule has 1 fully saturated rings. The molecule has 4 aromatic rings. The molecule has 2 aromatic carbocycles. The topological polar surface area (TPSA) is 67.2 Å². The van der Waals surface area contributed by atoms with Crippen molar-refractivity contribution in [2.24, 2.45) is 0 Å². The molecule has 1 aliphatic rings. The molecule has 174 valence electrons. The number of rotatable bonds is 5. The number of halogens is 1. The Balaban J connectivity index is 1.26. The Morgan fingerprint density at radius 3 is 2.44 bits per heavy atom. The SMILES string of the molecule is Cc1nn(-c2ccc(F)cc2)c2sc(C(=O)NCc3ccc(C(=O)N4CCCCC4)cc3)cc12. The Hall–Kier alpha value is -3.52. The van der Waals surface area contributed by atoms with Crippen LogP contribution in [0.3, 0.4) is 0 Å². The van der Waals surface area contributed by atoms with E-state index >= 15 is 0 Å². The molecule has 2 amide bonds. The summed E-state index contributed by atoms with van der Waals surface area (Å²) < 4.78 is 15.0. The molecule has 0 radical (unpaired) electrons. The second-order valence-electron chi connectivity index (χ2n) is 8.54. The summed E-state index contributed by atoms with van der Waals surface area (Å²) in [6.45, 7) is 3.91. The lowest BCUT2D eigenvalue weighted by Gasteiger charge is -2.26. The Labute approximate surface area is 201 Å². The van der Waals surface area contributed by atoms with Gasteiger partial charge >= 0.3 is 0 Å². The molecule has 0 saturated carbocycles. The maximum Gasteiger partial charge on any atom is 0.261 e. The van der Waals surface area contributed by atoms with Crippen molar-refractivity contribution < 1.29 is 14.0 Å². The van der Waals surface area contributed by atoms with Crippen molar-refractivity contribution in [1.29, 1.82) is 0 Å². The molecule has 0 aliphatic carbocycles. The number of piperidine rings is 1. The van der Waals surface area contributed by atoms with Gasteiger partial charge in [-0.25, -0.2) is 9.07 Å². The third-order valence-corrected chi connectivity index (χ3v) is 7.25. The van der Waals surface area contributed by atoms with Crippen LogP contribution in [-0.4, -0.2) is 39.6 Å². The van der Waals surface area contributed by atoms with Crippen LogP contribution in [0.1, 0.15) is 50.5 Å². The van der Waals surface area contributed by atoms with Gasteiger partial charge in [-0.2, -0.15) is 5.10 Å². The van der Waals surface area contributed by atoms with Crippen molar-refractivity contribution in [3.63, 3.8) is 0 Å². The van der Waals surface area contributed by atoms with Crippen LogP contribution in [0.4, 0.5) is 4.39 Å². The highest BCUT2D eigenvalue weighted by molar-refractivity contribution is 7.20. The minimum atomic E-state index is -0.306. The van der Waals surface area contributed by atoms with Crippen molar-refractivity contribution in [2.75, 3.05) is 13.1 Å². The van der Waals surface area contributed by atoms with Crippen LogP contribution in [0.5, 0.6) is 0 Å². The first-order valence-corrected chi connectivity index (χ1v) is 12.2. The van der Waals surface area contributed by atoms with Crippen LogP contribution in [0.2, 0.25) is 0 Å². The summed E-state index contributed by atoms with van der Waals surface area (Å²) in [5.74, 6) is -0.398. The highest BCUT2D eigenvalue weighted by Crippen LogP contribution is 2.30. The molecule has 0 atom stereocenters. The summed E-state index contributed by atoms with van der Waals surface area (Å²) in [7, 11) is 0. The largest absolute Gasteiger partial charge is 0.347 e. The molecule has 1 aliphatic heterocycles. The predicted molar refractivity (Wildman–Crippen MR) is 131 cm³/mol. The number of benzene rings is 2. The molecule has 8 heteroatoms. The van der Waals surface area contributed by atoms with Crippen molar-refractivity contribution >= 4 is 33.4 Å². The van der Waals surface area contributed by atoms with E-state index in [2.05, 4.69) is 10.4 Å². The lowest BCUT2D eigenvalue weighted by molar-refractivity contribution is 0.0724. The molecular weight excluding hydrogens is 451 g/mol. The number of fused-ring (bicyclic) bond motifs is 1. The number of carbonyl (C=O) groups is 2. The first kappa shape index (κ1) is 22.3. The van der Waals surface area contributed by atoms with Gasteiger partial charge in [-0.05, 0) is 74.2 Å². The van der Waals surface area contributed by atoms with Gasteiger partial charge in [-0.1, -0.05) is 12.1 Å². The maximum absolute atomic E-state index is 13.3. The second kappa shape index (κ2) is 9.38. The standard InChI is InChI=1S/C26H25FN4O2S/c1-17-22-15-23(34-26(22)31(29-17)21-11-9-20(27)10-12-21)24(32)28-16-18-5-7-19(8-6-18)25(33)30-13-3-2-4-14-30/h5-12,15H,2-4,13-14,16H2,1H3,(H,28,32). The summed E-state index contributed by atoms with van der Waals surface area (Å²) in [6, 6.07) is 15.4. The van der Waals surface area contributed by atoms with Gasteiger partial charge < -0.3 is 10.2 Å². The third kappa shape index (κ3) is 4.46. The normalized spacial score (nSPS) is 13.9. The lowest BCUT2D eigenvalue weighted by Crippen LogP contribution is -2.35. The van der Waals surface area contributed by atoms with Gasteiger partial charge in [0, 0.05) is 30.6 Å². The number of amides is 2. The van der Waals surface area contributed by atoms with Crippen molar-refractivity contribution in [3.8, 4) is 5.69 Å². The Kier molecular flexibility index (Phi) is 6.15. The monoisotopic (exact) mass is 476 g/mol. The third-order valence-electron chi connectivity index (χ3n) is 6.14. The van der Waals surface area contributed by atoms with E-state index in [4.69, 9.17) is 0 Å². The van der Waals surface area contributed by atoms with Gasteiger partial charge in [0.15, 0.2) is 0 Å². The quantitative estimate of drug-likeness (QED) is 0.436. The number of carbonyl (C=O) groups excluding carboxylic acids is 2. The highest BCUT2D eigenvalue weighted by atomic mass is 32.1. The van der Waals surface area contributed by atoms with Gasteiger partial charge in [0.1, 0.15) is 10.6 Å². The zero-order chi connectivity index (χ0) is 23.7. The van der Waals surface area contributed by atoms with Gasteiger partial charge in [-0.15, -0.1) is 11.3 Å². The minimum absolute atomic E-state index is 0.0751. The average molecular weight is 477 g/mol. The number of likely N-dealkylation sites (tertiary alicyclic amines) is 1. The van der Waals surface area contributed by atoms with E-state index < -0.39 is 0 Å². The molecule has 1 saturated heterocycles.